The van der Waals surface area contributed by atoms with E-state index in [0.717, 1.165) is 14.9 Å². The third kappa shape index (κ3) is 4.10. The van der Waals surface area contributed by atoms with Crippen LogP contribution in [-0.2, 0) is 6.54 Å². The van der Waals surface area contributed by atoms with Crippen LogP contribution in [0.3, 0.4) is 0 Å². The molecule has 0 aliphatic rings. The molecule has 0 spiro atoms. The summed E-state index contributed by atoms with van der Waals surface area (Å²) in [6.07, 6.45) is 1.58. The highest BCUT2D eigenvalue weighted by atomic mass is 79.9. The molecule has 1 aromatic carbocycles. The Kier molecular flexibility index (Phi) is 5.76. The summed E-state index contributed by atoms with van der Waals surface area (Å²) in [6, 6.07) is 10.9. The number of ketones is 1. The standard InChI is InChI=1S/C21H17BrN2O3S2/c1-12-13(2)29-19-18(12)20(26)24(10-16-7-4-8-27-16)21(23-19)28-11-17(25)14-5-3-6-15(22)9-14/h3-9H,10-11H2,1-2H3. The van der Waals surface area contributed by atoms with Crippen LogP contribution in [0.1, 0.15) is 26.6 Å². The van der Waals surface area contributed by atoms with E-state index in [1.807, 2.05) is 32.0 Å². The molecule has 0 saturated heterocycles. The highest BCUT2D eigenvalue weighted by Crippen LogP contribution is 2.29. The Morgan fingerprint density at radius 3 is 2.83 bits per heavy atom. The average molecular weight is 489 g/mol. The van der Waals surface area contributed by atoms with Gasteiger partial charge in [0, 0.05) is 14.9 Å². The molecule has 29 heavy (non-hydrogen) atoms. The largest absolute Gasteiger partial charge is 0.467 e. The number of rotatable bonds is 6. The molecule has 3 heterocycles. The minimum absolute atomic E-state index is 0.0197. The molecule has 0 atom stereocenters. The van der Waals surface area contributed by atoms with Crippen LogP contribution in [0, 0.1) is 13.8 Å². The zero-order valence-corrected chi connectivity index (χ0v) is 19.0. The summed E-state index contributed by atoms with van der Waals surface area (Å²) in [5.41, 5.74) is 1.47. The van der Waals surface area contributed by atoms with Crippen molar-refractivity contribution in [3.05, 3.63) is 79.3 Å². The highest BCUT2D eigenvalue weighted by Gasteiger charge is 2.19. The van der Waals surface area contributed by atoms with Gasteiger partial charge in [0.05, 0.1) is 23.9 Å². The molecule has 148 valence electrons. The molecule has 0 saturated carbocycles. The van der Waals surface area contributed by atoms with Crippen molar-refractivity contribution in [1.29, 1.82) is 0 Å². The molecule has 0 unspecified atom stereocenters. The molecular formula is C21H17BrN2O3S2. The monoisotopic (exact) mass is 488 g/mol. The van der Waals surface area contributed by atoms with E-state index in [9.17, 15) is 9.59 Å². The maximum atomic E-state index is 13.3. The Bertz CT molecular complexity index is 1260. The van der Waals surface area contributed by atoms with E-state index < -0.39 is 0 Å². The Hall–Kier alpha value is -2.16. The topological polar surface area (TPSA) is 65.1 Å². The number of fused-ring (bicyclic) bond motifs is 1. The number of hydrogen-bond acceptors (Lipinski definition) is 6. The maximum absolute atomic E-state index is 13.3. The van der Waals surface area contributed by atoms with Gasteiger partial charge in [-0.15, -0.1) is 11.3 Å². The zero-order valence-electron chi connectivity index (χ0n) is 15.8. The summed E-state index contributed by atoms with van der Waals surface area (Å²) in [5, 5.41) is 1.16. The van der Waals surface area contributed by atoms with E-state index in [0.29, 0.717) is 26.7 Å². The fourth-order valence-electron chi connectivity index (χ4n) is 2.99. The van der Waals surface area contributed by atoms with E-state index >= 15 is 0 Å². The molecule has 3 aromatic heterocycles. The van der Waals surface area contributed by atoms with Crippen LogP contribution in [0.15, 0.2) is 61.5 Å². The first-order valence-electron chi connectivity index (χ1n) is 8.88. The fourth-order valence-corrected chi connectivity index (χ4v) is 5.35. The lowest BCUT2D eigenvalue weighted by molar-refractivity contribution is 0.102. The molecule has 0 N–H and O–H groups in total. The van der Waals surface area contributed by atoms with Gasteiger partial charge < -0.3 is 4.42 Å². The van der Waals surface area contributed by atoms with Crippen LogP contribution in [0.5, 0.6) is 0 Å². The molecule has 0 radical (unpaired) electrons. The minimum Gasteiger partial charge on any atom is -0.467 e. The molecule has 0 fully saturated rings. The maximum Gasteiger partial charge on any atom is 0.263 e. The lowest BCUT2D eigenvalue weighted by Gasteiger charge is -2.11. The van der Waals surface area contributed by atoms with E-state index in [-0.39, 0.29) is 23.6 Å². The number of carbonyl (C=O) groups excluding carboxylic acids is 1. The van der Waals surface area contributed by atoms with E-state index in [1.54, 1.807) is 29.0 Å². The summed E-state index contributed by atoms with van der Waals surface area (Å²) in [5.74, 6) is 0.836. The quantitative estimate of drug-likeness (QED) is 0.205. The number of thiophene rings is 1. The van der Waals surface area contributed by atoms with Gasteiger partial charge in [0.25, 0.3) is 5.56 Å². The van der Waals surface area contributed by atoms with Gasteiger partial charge in [-0.05, 0) is 43.7 Å². The highest BCUT2D eigenvalue weighted by molar-refractivity contribution is 9.10. The van der Waals surface area contributed by atoms with Gasteiger partial charge in [-0.3, -0.25) is 14.2 Å². The lowest BCUT2D eigenvalue weighted by atomic mass is 10.2. The zero-order chi connectivity index (χ0) is 20.5. The van der Waals surface area contributed by atoms with E-state index in [1.165, 1.54) is 23.1 Å². The lowest BCUT2D eigenvalue weighted by Crippen LogP contribution is -2.24. The molecule has 0 amide bonds. The molecule has 0 bridgehead atoms. The Labute approximate surface area is 183 Å². The van der Waals surface area contributed by atoms with Gasteiger partial charge in [0.15, 0.2) is 10.9 Å². The van der Waals surface area contributed by atoms with Crippen LogP contribution in [-0.4, -0.2) is 21.1 Å². The Morgan fingerprint density at radius 2 is 2.10 bits per heavy atom. The van der Waals surface area contributed by atoms with Gasteiger partial charge >= 0.3 is 0 Å². The van der Waals surface area contributed by atoms with Crippen molar-refractivity contribution < 1.29 is 9.21 Å². The second kappa shape index (κ2) is 8.30. The molecular weight excluding hydrogens is 472 g/mol. The molecule has 0 aliphatic heterocycles. The van der Waals surface area contributed by atoms with Gasteiger partial charge in [-0.1, -0.05) is 39.8 Å². The summed E-state index contributed by atoms with van der Waals surface area (Å²) < 4.78 is 7.89. The third-order valence-corrected chi connectivity index (χ3v) is 7.20. The van der Waals surface area contributed by atoms with Crippen molar-refractivity contribution in [2.45, 2.75) is 25.5 Å². The number of nitrogens with zero attached hydrogens (tertiary/aromatic N) is 2. The minimum atomic E-state index is -0.106. The predicted molar refractivity (Wildman–Crippen MR) is 120 cm³/mol. The number of Topliss-reactive ketones (excluding diaryl/α,β-unsaturated/α-hetero) is 1. The number of aromatic nitrogens is 2. The van der Waals surface area contributed by atoms with E-state index in [2.05, 4.69) is 15.9 Å². The first kappa shape index (κ1) is 20.1. The normalized spacial score (nSPS) is 11.3. The SMILES string of the molecule is Cc1sc2nc(SCC(=O)c3cccc(Br)c3)n(Cc3ccco3)c(=O)c2c1C. The summed E-state index contributed by atoms with van der Waals surface area (Å²) >= 11 is 6.17. The summed E-state index contributed by atoms with van der Waals surface area (Å²) in [6.45, 7) is 4.20. The fraction of sp³-hybridized carbons (Fsp3) is 0.190. The first-order valence-corrected chi connectivity index (χ1v) is 11.5. The Balaban J connectivity index is 1.72. The Morgan fingerprint density at radius 1 is 1.28 bits per heavy atom. The number of aryl methyl sites for hydroxylation is 2. The number of benzene rings is 1. The van der Waals surface area contributed by atoms with Crippen molar-refractivity contribution in [2.75, 3.05) is 5.75 Å². The number of thioether (sulfide) groups is 1. The van der Waals surface area contributed by atoms with Gasteiger partial charge in [0.1, 0.15) is 10.6 Å². The predicted octanol–water partition coefficient (Wildman–Crippen LogP) is 5.45. The average Bonchev–Trinajstić information content (AvgIpc) is 3.30. The van der Waals surface area contributed by atoms with Crippen LogP contribution >= 0.6 is 39.0 Å². The molecule has 0 aliphatic carbocycles. The molecule has 8 heteroatoms. The number of hydrogen-bond donors (Lipinski definition) is 0. The van der Waals surface area contributed by atoms with Crippen molar-refractivity contribution in [1.82, 2.24) is 9.55 Å². The van der Waals surface area contributed by atoms with Crippen LogP contribution in [0.4, 0.5) is 0 Å². The first-order chi connectivity index (χ1) is 13.9. The number of carbonyl (C=O) groups is 1. The van der Waals surface area contributed by atoms with Crippen LogP contribution in [0.2, 0.25) is 0 Å². The second-order valence-corrected chi connectivity index (χ2v) is 9.61. The van der Waals surface area contributed by atoms with Gasteiger partial charge in [-0.2, -0.15) is 0 Å². The van der Waals surface area contributed by atoms with Gasteiger partial charge in [0.2, 0.25) is 0 Å². The third-order valence-electron chi connectivity index (χ3n) is 4.63. The summed E-state index contributed by atoms with van der Waals surface area (Å²) in [7, 11) is 0. The molecule has 4 rings (SSSR count). The van der Waals surface area contributed by atoms with E-state index in [4.69, 9.17) is 9.40 Å². The van der Waals surface area contributed by atoms with Crippen LogP contribution in [0.25, 0.3) is 10.2 Å². The van der Waals surface area contributed by atoms with Crippen molar-refractivity contribution in [2.24, 2.45) is 0 Å². The van der Waals surface area contributed by atoms with Crippen molar-refractivity contribution >= 4 is 55.0 Å². The van der Waals surface area contributed by atoms with Crippen molar-refractivity contribution in [3.63, 3.8) is 0 Å². The molecule has 4 aromatic rings. The number of halogens is 1. The van der Waals surface area contributed by atoms with Crippen molar-refractivity contribution in [3.8, 4) is 0 Å². The second-order valence-electron chi connectivity index (χ2n) is 6.55. The van der Waals surface area contributed by atoms with Crippen LogP contribution < -0.4 is 5.56 Å². The molecule has 5 nitrogen and oxygen atoms in total. The smallest absolute Gasteiger partial charge is 0.263 e. The number of furan rings is 1. The summed E-state index contributed by atoms with van der Waals surface area (Å²) in [4.78, 5) is 32.4. The van der Waals surface area contributed by atoms with Gasteiger partial charge in [-0.25, -0.2) is 4.98 Å².